The maximum absolute atomic E-state index is 15.0. The molecule has 3 heterocycles. The number of fused-ring (bicyclic) bond motifs is 1. The number of amides is 2. The summed E-state index contributed by atoms with van der Waals surface area (Å²) >= 11 is 1.48. The lowest BCUT2D eigenvalue weighted by Gasteiger charge is -2.32. The second-order valence-corrected chi connectivity index (χ2v) is 11.7. The van der Waals surface area contributed by atoms with Crippen LogP contribution < -0.4 is 15.4 Å². The number of carbonyl (C=O) groups excluding carboxylic acids is 2. The van der Waals surface area contributed by atoms with E-state index in [2.05, 4.69) is 61.7 Å². The number of carbonyl (C=O) groups is 2. The average molecular weight is 611 g/mol. The van der Waals surface area contributed by atoms with Crippen molar-refractivity contribution in [3.63, 3.8) is 0 Å². The van der Waals surface area contributed by atoms with Crippen LogP contribution in [0.3, 0.4) is 0 Å². The lowest BCUT2D eigenvalue weighted by molar-refractivity contribution is -0.123. The van der Waals surface area contributed by atoms with Crippen molar-refractivity contribution in [3.8, 4) is 22.1 Å². The van der Waals surface area contributed by atoms with Crippen LogP contribution in [0.15, 0.2) is 85.2 Å². The molecule has 1 aliphatic heterocycles. The Morgan fingerprint density at radius 1 is 0.886 bits per heavy atom. The molecule has 1 fully saturated rings. The fourth-order valence-corrected chi connectivity index (χ4v) is 5.97. The van der Waals surface area contributed by atoms with Crippen LogP contribution in [0.25, 0.3) is 20.7 Å². The highest BCUT2D eigenvalue weighted by atomic mass is 32.1. The van der Waals surface area contributed by atoms with Crippen molar-refractivity contribution in [1.82, 2.24) is 19.8 Å². The van der Waals surface area contributed by atoms with Crippen LogP contribution in [0, 0.1) is 5.82 Å². The lowest BCUT2D eigenvalue weighted by atomic mass is 10.1. The summed E-state index contributed by atoms with van der Waals surface area (Å²) in [6, 6.07) is 23.4. The molecule has 0 unspecified atom stereocenters. The number of halogens is 1. The van der Waals surface area contributed by atoms with E-state index in [4.69, 9.17) is 4.74 Å². The molecule has 224 valence electrons. The van der Waals surface area contributed by atoms with Crippen LogP contribution in [0.2, 0.25) is 0 Å². The van der Waals surface area contributed by atoms with Crippen molar-refractivity contribution in [2.75, 3.05) is 43.9 Å². The second-order valence-electron chi connectivity index (χ2n) is 10.7. The second kappa shape index (κ2) is 13.3. The van der Waals surface area contributed by atoms with Crippen LogP contribution in [-0.4, -0.2) is 64.8 Å². The first-order valence-corrected chi connectivity index (χ1v) is 15.1. The SMILES string of the molecule is CN1CCN(Cc2ccc(-c3cc4ncnc(Oc5ccc(NC(=O)CC(=O)Nc6ccccc6)cc5F)c4s3)cc2)CC1. The van der Waals surface area contributed by atoms with E-state index >= 15 is 4.39 Å². The van der Waals surface area contributed by atoms with E-state index in [1.807, 2.05) is 12.1 Å². The van der Waals surface area contributed by atoms with Gasteiger partial charge in [-0.3, -0.25) is 14.5 Å². The highest BCUT2D eigenvalue weighted by Gasteiger charge is 2.17. The Bertz CT molecular complexity index is 1770. The van der Waals surface area contributed by atoms with E-state index in [0.29, 0.717) is 15.9 Å². The number of ether oxygens (including phenoxy) is 1. The van der Waals surface area contributed by atoms with Crippen LogP contribution in [-0.2, 0) is 16.1 Å². The number of aromatic nitrogens is 2. The predicted octanol–water partition coefficient (Wildman–Crippen LogP) is 6.00. The molecule has 3 aromatic carbocycles. The van der Waals surface area contributed by atoms with Gasteiger partial charge in [0.2, 0.25) is 17.7 Å². The van der Waals surface area contributed by atoms with Gasteiger partial charge in [-0.25, -0.2) is 14.4 Å². The smallest absolute Gasteiger partial charge is 0.240 e. The number of piperazine rings is 1. The molecule has 0 bridgehead atoms. The van der Waals surface area contributed by atoms with Crippen molar-refractivity contribution >= 4 is 44.7 Å². The first-order chi connectivity index (χ1) is 21.4. The number of likely N-dealkylation sites (N-methyl/N-ethyl adjacent to an activating group) is 1. The summed E-state index contributed by atoms with van der Waals surface area (Å²) in [4.78, 5) is 39.0. The molecule has 2 aromatic heterocycles. The van der Waals surface area contributed by atoms with Gasteiger partial charge in [-0.05, 0) is 48.5 Å². The third-order valence-electron chi connectivity index (χ3n) is 7.32. The number of nitrogens with zero attached hydrogens (tertiary/aromatic N) is 4. The topological polar surface area (TPSA) is 99.7 Å². The van der Waals surface area contributed by atoms with Gasteiger partial charge in [-0.2, -0.15) is 0 Å². The summed E-state index contributed by atoms with van der Waals surface area (Å²) in [7, 11) is 2.16. The number of para-hydroxylation sites is 1. The van der Waals surface area contributed by atoms with E-state index in [0.717, 1.165) is 49.2 Å². The normalized spacial score (nSPS) is 14.0. The van der Waals surface area contributed by atoms with Crippen LogP contribution in [0.4, 0.5) is 15.8 Å². The van der Waals surface area contributed by atoms with Crippen molar-refractivity contribution in [2.24, 2.45) is 0 Å². The van der Waals surface area contributed by atoms with E-state index in [-0.39, 0.29) is 17.3 Å². The molecule has 0 aliphatic carbocycles. The zero-order valence-electron chi connectivity index (χ0n) is 24.1. The summed E-state index contributed by atoms with van der Waals surface area (Å²) in [5.41, 5.74) is 3.83. The third-order valence-corrected chi connectivity index (χ3v) is 8.48. The van der Waals surface area contributed by atoms with Crippen LogP contribution in [0.1, 0.15) is 12.0 Å². The molecule has 1 saturated heterocycles. The highest BCUT2D eigenvalue weighted by Crippen LogP contribution is 2.38. The Balaban J connectivity index is 1.09. The van der Waals surface area contributed by atoms with Crippen molar-refractivity contribution in [2.45, 2.75) is 13.0 Å². The summed E-state index contributed by atoms with van der Waals surface area (Å²) in [5.74, 6) is -1.53. The number of anilines is 2. The van der Waals surface area contributed by atoms with Crippen molar-refractivity contribution < 1.29 is 18.7 Å². The molecule has 0 spiro atoms. The number of hydrogen-bond donors (Lipinski definition) is 2. The van der Waals surface area contributed by atoms with Gasteiger partial charge in [0.25, 0.3) is 0 Å². The van der Waals surface area contributed by atoms with Gasteiger partial charge in [0.15, 0.2) is 11.6 Å². The molecule has 9 nitrogen and oxygen atoms in total. The Morgan fingerprint density at radius 3 is 2.34 bits per heavy atom. The summed E-state index contributed by atoms with van der Waals surface area (Å²) < 4.78 is 21.6. The average Bonchev–Trinajstić information content (AvgIpc) is 3.46. The maximum Gasteiger partial charge on any atom is 0.240 e. The van der Waals surface area contributed by atoms with E-state index < -0.39 is 24.1 Å². The number of rotatable bonds is 9. The zero-order chi connectivity index (χ0) is 30.5. The van der Waals surface area contributed by atoms with Gasteiger partial charge in [-0.1, -0.05) is 42.5 Å². The fourth-order valence-electron chi connectivity index (χ4n) is 4.93. The number of thiophene rings is 1. The number of hydrogen-bond acceptors (Lipinski definition) is 8. The standard InChI is InChI=1S/C33H31FN6O3S/c1-39-13-15-40(16-14-39)20-22-7-9-23(10-8-22)29-18-27-32(44-29)33(36-21-35-27)43-28-12-11-25(17-26(28)34)38-31(42)19-30(41)37-24-5-3-2-4-6-24/h2-12,17-18,21H,13-16,19-20H2,1H3,(H,37,41)(H,38,42). The Kier molecular flexibility index (Phi) is 8.87. The molecule has 6 rings (SSSR count). The highest BCUT2D eigenvalue weighted by molar-refractivity contribution is 7.22. The first-order valence-electron chi connectivity index (χ1n) is 14.3. The van der Waals surface area contributed by atoms with Gasteiger partial charge in [0.05, 0.1) is 5.52 Å². The minimum absolute atomic E-state index is 0.0481. The molecule has 2 amide bonds. The Morgan fingerprint density at radius 2 is 1.61 bits per heavy atom. The first kappa shape index (κ1) is 29.4. The van der Waals surface area contributed by atoms with Crippen molar-refractivity contribution in [1.29, 1.82) is 0 Å². The molecule has 5 aromatic rings. The molecule has 1 aliphatic rings. The van der Waals surface area contributed by atoms with Gasteiger partial charge in [-0.15, -0.1) is 11.3 Å². The van der Waals surface area contributed by atoms with Gasteiger partial charge in [0.1, 0.15) is 17.4 Å². The Labute approximate surface area is 258 Å². The van der Waals surface area contributed by atoms with E-state index in [1.54, 1.807) is 24.3 Å². The minimum atomic E-state index is -0.684. The van der Waals surface area contributed by atoms with E-state index in [1.165, 1.54) is 35.4 Å². The molecular formula is C33H31FN6O3S. The molecule has 2 N–H and O–H groups in total. The molecule has 0 saturated carbocycles. The van der Waals surface area contributed by atoms with Crippen LogP contribution in [0.5, 0.6) is 11.6 Å². The Hall–Kier alpha value is -4.71. The van der Waals surface area contributed by atoms with Gasteiger partial charge in [0, 0.05) is 55.0 Å². The fraction of sp³-hybridized carbons (Fsp3) is 0.212. The molecule has 11 heteroatoms. The maximum atomic E-state index is 15.0. The zero-order valence-corrected chi connectivity index (χ0v) is 24.9. The predicted molar refractivity (Wildman–Crippen MR) is 170 cm³/mol. The summed E-state index contributed by atoms with van der Waals surface area (Å²) in [5, 5.41) is 5.19. The van der Waals surface area contributed by atoms with Gasteiger partial charge < -0.3 is 20.3 Å². The summed E-state index contributed by atoms with van der Waals surface area (Å²) in [6.07, 6.45) is 0.980. The quantitative estimate of drug-likeness (QED) is 0.197. The minimum Gasteiger partial charge on any atom is -0.434 e. The molecule has 0 radical (unpaired) electrons. The van der Waals surface area contributed by atoms with Crippen molar-refractivity contribution in [3.05, 3.63) is 96.6 Å². The third kappa shape index (κ3) is 7.25. The van der Waals surface area contributed by atoms with Gasteiger partial charge >= 0.3 is 0 Å². The molecular weight excluding hydrogens is 579 g/mol. The number of benzene rings is 3. The monoisotopic (exact) mass is 610 g/mol. The van der Waals surface area contributed by atoms with Crippen LogP contribution >= 0.6 is 11.3 Å². The molecule has 0 atom stereocenters. The largest absolute Gasteiger partial charge is 0.434 e. The van der Waals surface area contributed by atoms with E-state index in [9.17, 15) is 9.59 Å². The lowest BCUT2D eigenvalue weighted by Crippen LogP contribution is -2.43. The molecule has 44 heavy (non-hydrogen) atoms. The summed E-state index contributed by atoms with van der Waals surface area (Å²) in [6.45, 7) is 5.25. The number of nitrogens with one attached hydrogen (secondary N) is 2.